The Bertz CT molecular complexity index is 865. The van der Waals surface area contributed by atoms with Crippen LogP contribution in [0.4, 0.5) is 16.2 Å². The van der Waals surface area contributed by atoms with Gasteiger partial charge in [-0.3, -0.25) is 9.69 Å². The van der Waals surface area contributed by atoms with Gasteiger partial charge in [-0.2, -0.15) is 0 Å². The summed E-state index contributed by atoms with van der Waals surface area (Å²) in [5.41, 5.74) is 8.43. The number of likely N-dealkylation sites (N-methyl/N-ethyl adjacent to an activating group) is 1. The van der Waals surface area contributed by atoms with Crippen molar-refractivity contribution in [3.63, 3.8) is 0 Å². The van der Waals surface area contributed by atoms with Gasteiger partial charge in [-0.15, -0.1) is 0 Å². The fourth-order valence-electron chi connectivity index (χ4n) is 3.85. The second-order valence-electron chi connectivity index (χ2n) is 8.28. The first-order chi connectivity index (χ1) is 14.9. The van der Waals surface area contributed by atoms with Gasteiger partial charge in [-0.25, -0.2) is 4.79 Å². The average molecular weight is 424 g/mol. The number of urea groups is 1. The number of anilines is 2. The number of primary amides is 1. The minimum Gasteiger partial charge on any atom is -0.370 e. The number of benzene rings is 2. The zero-order valence-electron chi connectivity index (χ0n) is 18.4. The highest BCUT2D eigenvalue weighted by atomic mass is 16.2. The van der Waals surface area contributed by atoms with Crippen LogP contribution < -0.4 is 21.3 Å². The number of piperidine rings is 1. The number of para-hydroxylation sites is 1. The lowest BCUT2D eigenvalue weighted by molar-refractivity contribution is -0.123. The molecule has 0 saturated carbocycles. The number of carbonyl (C=O) groups excluding carboxylic acids is 2. The van der Waals surface area contributed by atoms with Gasteiger partial charge in [0.25, 0.3) is 0 Å². The molecule has 1 atom stereocenters. The number of nitrogens with two attached hydrogens (primary N) is 1. The van der Waals surface area contributed by atoms with Crippen LogP contribution in [0, 0.1) is 5.92 Å². The van der Waals surface area contributed by atoms with Crippen molar-refractivity contribution >= 4 is 23.3 Å². The second kappa shape index (κ2) is 10.8. The Labute approximate surface area is 184 Å². The van der Waals surface area contributed by atoms with E-state index in [9.17, 15) is 9.59 Å². The zero-order chi connectivity index (χ0) is 22.2. The molecule has 7 nitrogen and oxygen atoms in total. The number of hydrogen-bond donors (Lipinski definition) is 3. The lowest BCUT2D eigenvalue weighted by Gasteiger charge is -2.30. The van der Waals surface area contributed by atoms with Gasteiger partial charge in [0.15, 0.2) is 0 Å². The first-order valence-electron chi connectivity index (χ1n) is 10.9. The van der Waals surface area contributed by atoms with Crippen molar-refractivity contribution in [2.75, 3.05) is 36.9 Å². The topological polar surface area (TPSA) is 90.7 Å². The quantitative estimate of drug-likeness (QED) is 0.609. The highest BCUT2D eigenvalue weighted by Crippen LogP contribution is 2.20. The van der Waals surface area contributed by atoms with E-state index in [4.69, 9.17) is 5.73 Å². The Morgan fingerprint density at radius 1 is 1.13 bits per heavy atom. The van der Waals surface area contributed by atoms with Gasteiger partial charge in [0.1, 0.15) is 0 Å². The SMILES string of the molecule is C[C@@H](CNC(=O)Nc1cccc(CN2CCC(C(N)=O)CC2)c1)N(C)c1ccccc1. The van der Waals surface area contributed by atoms with Crippen molar-refractivity contribution in [2.24, 2.45) is 11.7 Å². The van der Waals surface area contributed by atoms with Crippen molar-refractivity contribution in [3.05, 3.63) is 60.2 Å². The molecule has 0 aliphatic carbocycles. The van der Waals surface area contributed by atoms with Gasteiger partial charge >= 0.3 is 6.03 Å². The number of amides is 3. The summed E-state index contributed by atoms with van der Waals surface area (Å²) in [6.45, 7) is 5.12. The molecule has 4 N–H and O–H groups in total. The molecule has 0 radical (unpaired) electrons. The van der Waals surface area contributed by atoms with Crippen molar-refractivity contribution in [2.45, 2.75) is 32.4 Å². The summed E-state index contributed by atoms with van der Waals surface area (Å²) >= 11 is 0. The van der Waals surface area contributed by atoms with Gasteiger partial charge in [0.2, 0.25) is 5.91 Å². The molecule has 1 saturated heterocycles. The summed E-state index contributed by atoms with van der Waals surface area (Å²) in [5, 5.41) is 5.88. The molecule has 1 aliphatic rings. The summed E-state index contributed by atoms with van der Waals surface area (Å²) in [4.78, 5) is 28.2. The maximum absolute atomic E-state index is 12.4. The first kappa shape index (κ1) is 22.6. The molecule has 1 aliphatic heterocycles. The molecule has 0 aromatic heterocycles. The molecule has 2 aromatic carbocycles. The van der Waals surface area contributed by atoms with Crippen LogP contribution in [0.2, 0.25) is 0 Å². The molecule has 0 bridgehead atoms. The second-order valence-corrected chi connectivity index (χ2v) is 8.28. The molecule has 31 heavy (non-hydrogen) atoms. The number of likely N-dealkylation sites (tertiary alicyclic amines) is 1. The van der Waals surface area contributed by atoms with E-state index in [0.717, 1.165) is 49.4 Å². The summed E-state index contributed by atoms with van der Waals surface area (Å²) < 4.78 is 0. The predicted molar refractivity (Wildman–Crippen MR) is 125 cm³/mol. The van der Waals surface area contributed by atoms with Crippen molar-refractivity contribution in [1.82, 2.24) is 10.2 Å². The predicted octanol–water partition coefficient (Wildman–Crippen LogP) is 3.03. The van der Waals surface area contributed by atoms with E-state index >= 15 is 0 Å². The average Bonchev–Trinajstić information content (AvgIpc) is 2.78. The summed E-state index contributed by atoms with van der Waals surface area (Å²) in [6.07, 6.45) is 1.62. The number of hydrogen-bond acceptors (Lipinski definition) is 4. The van der Waals surface area contributed by atoms with Gasteiger partial charge < -0.3 is 21.3 Å². The van der Waals surface area contributed by atoms with E-state index in [-0.39, 0.29) is 23.9 Å². The molecule has 1 heterocycles. The molecule has 0 unspecified atom stereocenters. The van der Waals surface area contributed by atoms with E-state index in [1.807, 2.05) is 43.4 Å². The van der Waals surface area contributed by atoms with E-state index in [1.165, 1.54) is 0 Å². The Morgan fingerprint density at radius 2 is 1.84 bits per heavy atom. The normalized spacial score (nSPS) is 15.8. The third-order valence-electron chi connectivity index (χ3n) is 5.96. The molecule has 3 amide bonds. The van der Waals surface area contributed by atoms with Crippen LogP contribution in [0.3, 0.4) is 0 Å². The monoisotopic (exact) mass is 423 g/mol. The van der Waals surface area contributed by atoms with Crippen LogP contribution in [0.15, 0.2) is 54.6 Å². The number of nitrogens with zero attached hydrogens (tertiary/aromatic N) is 2. The Balaban J connectivity index is 1.46. The van der Waals surface area contributed by atoms with Crippen molar-refractivity contribution < 1.29 is 9.59 Å². The maximum atomic E-state index is 12.4. The Morgan fingerprint density at radius 3 is 2.52 bits per heavy atom. The van der Waals surface area contributed by atoms with Crippen LogP contribution in [-0.2, 0) is 11.3 Å². The van der Waals surface area contributed by atoms with Crippen LogP contribution in [0.5, 0.6) is 0 Å². The zero-order valence-corrected chi connectivity index (χ0v) is 18.4. The first-order valence-corrected chi connectivity index (χ1v) is 10.9. The van der Waals surface area contributed by atoms with E-state index in [0.29, 0.717) is 6.54 Å². The molecule has 3 rings (SSSR count). The standard InChI is InChI=1S/C24H33N5O2/c1-18(28(2)22-9-4-3-5-10-22)16-26-24(31)27-21-8-6-7-19(15-21)17-29-13-11-20(12-14-29)23(25)30/h3-10,15,18,20H,11-14,16-17H2,1-2H3,(H2,25,30)(H2,26,27,31)/t18-/m0/s1. The summed E-state index contributed by atoms with van der Waals surface area (Å²) in [7, 11) is 2.02. The minimum atomic E-state index is -0.215. The molecule has 1 fully saturated rings. The third kappa shape index (κ3) is 6.72. The highest BCUT2D eigenvalue weighted by Gasteiger charge is 2.23. The Kier molecular flexibility index (Phi) is 7.89. The molecule has 166 valence electrons. The van der Waals surface area contributed by atoms with Crippen LogP contribution in [0.1, 0.15) is 25.3 Å². The lowest BCUT2D eigenvalue weighted by atomic mass is 9.96. The number of rotatable bonds is 8. The highest BCUT2D eigenvalue weighted by molar-refractivity contribution is 5.89. The molecule has 2 aromatic rings. The van der Waals surface area contributed by atoms with Crippen LogP contribution >= 0.6 is 0 Å². The van der Waals surface area contributed by atoms with Crippen molar-refractivity contribution in [1.29, 1.82) is 0 Å². The largest absolute Gasteiger partial charge is 0.370 e. The number of carbonyl (C=O) groups is 2. The summed E-state index contributed by atoms with van der Waals surface area (Å²) in [6, 6.07) is 17.9. The maximum Gasteiger partial charge on any atom is 0.319 e. The van der Waals surface area contributed by atoms with Gasteiger partial charge in [-0.1, -0.05) is 30.3 Å². The third-order valence-corrected chi connectivity index (χ3v) is 5.96. The van der Waals surface area contributed by atoms with Gasteiger partial charge in [0.05, 0.1) is 0 Å². The van der Waals surface area contributed by atoms with E-state index < -0.39 is 0 Å². The number of nitrogens with one attached hydrogen (secondary N) is 2. The molecular weight excluding hydrogens is 390 g/mol. The smallest absolute Gasteiger partial charge is 0.319 e. The molecular formula is C24H33N5O2. The van der Waals surface area contributed by atoms with Crippen molar-refractivity contribution in [3.8, 4) is 0 Å². The fraction of sp³-hybridized carbons (Fsp3) is 0.417. The minimum absolute atomic E-state index is 0.00345. The van der Waals surface area contributed by atoms with E-state index in [2.05, 4.69) is 45.6 Å². The summed E-state index contributed by atoms with van der Waals surface area (Å²) in [5.74, 6) is -0.197. The van der Waals surface area contributed by atoms with E-state index in [1.54, 1.807) is 0 Å². The van der Waals surface area contributed by atoms with Gasteiger partial charge in [-0.05, 0) is 62.7 Å². The van der Waals surface area contributed by atoms with Gasteiger partial charge in [0, 0.05) is 43.5 Å². The Hall–Kier alpha value is -3.06. The van der Waals surface area contributed by atoms with Crippen LogP contribution in [-0.4, -0.2) is 49.6 Å². The fourth-order valence-corrected chi connectivity index (χ4v) is 3.85. The lowest BCUT2D eigenvalue weighted by Crippen LogP contribution is -2.41. The molecule has 7 heteroatoms. The molecule has 0 spiro atoms. The van der Waals surface area contributed by atoms with Crippen LogP contribution in [0.25, 0.3) is 0 Å².